The maximum atomic E-state index is 13.4. The SMILES string of the molecule is CNCC(=O)NCCN1CCC(CCCN2c3ccccc3Sc3ccc(C(F)(F)F)cc32)CC1. The van der Waals surface area contributed by atoms with Crippen molar-refractivity contribution in [3.8, 4) is 0 Å². The molecule has 0 aromatic heterocycles. The van der Waals surface area contributed by atoms with E-state index in [1.165, 1.54) is 23.9 Å². The van der Waals surface area contributed by atoms with Crippen molar-refractivity contribution in [3.05, 3.63) is 48.0 Å². The number of carbonyl (C=O) groups is 1. The van der Waals surface area contributed by atoms with Crippen LogP contribution >= 0.6 is 11.8 Å². The first kappa shape index (κ1) is 25.9. The number of hydrogen-bond donors (Lipinski definition) is 2. The van der Waals surface area contributed by atoms with Gasteiger partial charge in [0.15, 0.2) is 0 Å². The fraction of sp³-hybridized carbons (Fsp3) is 0.500. The van der Waals surface area contributed by atoms with E-state index in [0.717, 1.165) is 60.8 Å². The number of rotatable bonds is 9. The quantitative estimate of drug-likeness (QED) is 0.494. The van der Waals surface area contributed by atoms with Gasteiger partial charge in [-0.15, -0.1) is 0 Å². The molecule has 0 saturated carbocycles. The standard InChI is InChI=1S/C26H33F3N4OS/c1-30-18-25(34)31-12-16-32-14-10-19(11-15-32)5-4-13-33-21-6-2-3-7-23(21)35-24-9-8-20(17-22(24)33)26(27,28)29/h2-3,6-9,17,19,30H,4-5,10-16,18H2,1H3,(H,31,34). The van der Waals surface area contributed by atoms with Crippen LogP contribution in [0.3, 0.4) is 0 Å². The summed E-state index contributed by atoms with van der Waals surface area (Å²) in [6.07, 6.45) is -0.129. The Morgan fingerprint density at radius 2 is 1.80 bits per heavy atom. The Morgan fingerprint density at radius 3 is 2.54 bits per heavy atom. The first-order chi connectivity index (χ1) is 16.8. The van der Waals surface area contributed by atoms with Crippen LogP contribution in [0.15, 0.2) is 52.3 Å². The number of amides is 1. The van der Waals surface area contributed by atoms with E-state index in [9.17, 15) is 18.0 Å². The third-order valence-corrected chi connectivity index (χ3v) is 7.87. The topological polar surface area (TPSA) is 47.6 Å². The van der Waals surface area contributed by atoms with Crippen LogP contribution < -0.4 is 15.5 Å². The van der Waals surface area contributed by atoms with Gasteiger partial charge in [0.1, 0.15) is 0 Å². The summed E-state index contributed by atoms with van der Waals surface area (Å²) in [6, 6.07) is 12.0. The monoisotopic (exact) mass is 506 g/mol. The van der Waals surface area contributed by atoms with Crippen molar-refractivity contribution in [2.24, 2.45) is 5.92 Å². The highest BCUT2D eigenvalue weighted by Crippen LogP contribution is 2.49. The van der Waals surface area contributed by atoms with Gasteiger partial charge in [-0.25, -0.2) is 0 Å². The van der Waals surface area contributed by atoms with Crippen LogP contribution in [0.5, 0.6) is 0 Å². The lowest BCUT2D eigenvalue weighted by atomic mass is 9.92. The second kappa shape index (κ2) is 11.7. The van der Waals surface area contributed by atoms with Crippen LogP contribution in [0.2, 0.25) is 0 Å². The van der Waals surface area contributed by atoms with Gasteiger partial charge < -0.3 is 20.4 Å². The molecule has 2 heterocycles. The van der Waals surface area contributed by atoms with Crippen LogP contribution in [0.1, 0.15) is 31.2 Å². The van der Waals surface area contributed by atoms with Crippen molar-refractivity contribution in [1.82, 2.24) is 15.5 Å². The summed E-state index contributed by atoms with van der Waals surface area (Å²) in [6.45, 7) is 4.61. The molecule has 5 nitrogen and oxygen atoms in total. The second-order valence-electron chi connectivity index (χ2n) is 9.21. The van der Waals surface area contributed by atoms with Crippen LogP contribution in [0.25, 0.3) is 0 Å². The number of alkyl halides is 3. The smallest absolute Gasteiger partial charge is 0.354 e. The lowest BCUT2D eigenvalue weighted by Crippen LogP contribution is -2.41. The van der Waals surface area contributed by atoms with Crippen LogP contribution in [-0.4, -0.2) is 57.1 Å². The maximum Gasteiger partial charge on any atom is 0.416 e. The van der Waals surface area contributed by atoms with Crippen molar-refractivity contribution < 1.29 is 18.0 Å². The zero-order valence-corrected chi connectivity index (χ0v) is 20.9. The molecule has 2 aliphatic heterocycles. The van der Waals surface area contributed by atoms with Crippen molar-refractivity contribution >= 4 is 29.0 Å². The summed E-state index contributed by atoms with van der Waals surface area (Å²) < 4.78 is 40.2. The molecule has 4 rings (SSSR count). The van der Waals surface area contributed by atoms with Gasteiger partial charge in [0.25, 0.3) is 0 Å². The molecule has 0 radical (unpaired) electrons. The number of hydrogen-bond acceptors (Lipinski definition) is 5. The number of likely N-dealkylation sites (N-methyl/N-ethyl adjacent to an activating group) is 1. The first-order valence-corrected chi connectivity index (χ1v) is 13.1. The number of halogens is 3. The second-order valence-corrected chi connectivity index (χ2v) is 10.3. The summed E-state index contributed by atoms with van der Waals surface area (Å²) in [5.41, 5.74) is 1.04. The molecule has 0 aliphatic carbocycles. The normalized spacial score (nSPS) is 16.6. The summed E-state index contributed by atoms with van der Waals surface area (Å²) >= 11 is 1.53. The van der Waals surface area contributed by atoms with E-state index in [2.05, 4.69) is 20.4 Å². The van der Waals surface area contributed by atoms with Crippen LogP contribution in [-0.2, 0) is 11.0 Å². The molecule has 1 fully saturated rings. The minimum Gasteiger partial charge on any atom is -0.354 e. The van der Waals surface area contributed by atoms with E-state index in [1.54, 1.807) is 13.1 Å². The van der Waals surface area contributed by atoms with Crippen molar-refractivity contribution in [2.45, 2.75) is 41.7 Å². The Bertz CT molecular complexity index is 1010. The fourth-order valence-electron chi connectivity index (χ4n) is 4.86. The number of likely N-dealkylation sites (tertiary alicyclic amines) is 1. The third kappa shape index (κ3) is 6.71. The van der Waals surface area contributed by atoms with Crippen molar-refractivity contribution in [2.75, 3.05) is 51.2 Å². The van der Waals surface area contributed by atoms with Gasteiger partial charge in [0.05, 0.1) is 23.5 Å². The molecule has 190 valence electrons. The summed E-state index contributed by atoms with van der Waals surface area (Å²) in [5.74, 6) is 0.643. The van der Waals surface area contributed by atoms with Gasteiger partial charge in [0.2, 0.25) is 5.91 Å². The van der Waals surface area contributed by atoms with E-state index in [0.29, 0.717) is 31.2 Å². The molecule has 1 saturated heterocycles. The van der Waals surface area contributed by atoms with Gasteiger partial charge in [-0.2, -0.15) is 13.2 Å². The molecule has 2 aromatic carbocycles. The van der Waals surface area contributed by atoms with Crippen molar-refractivity contribution in [1.29, 1.82) is 0 Å². The Balaban J connectivity index is 1.31. The predicted octanol–water partition coefficient (Wildman–Crippen LogP) is 5.14. The molecule has 0 spiro atoms. The summed E-state index contributed by atoms with van der Waals surface area (Å²) in [7, 11) is 1.76. The Hall–Kier alpha value is -2.23. The molecule has 0 unspecified atom stereocenters. The van der Waals surface area contributed by atoms with Crippen molar-refractivity contribution in [3.63, 3.8) is 0 Å². The highest BCUT2D eigenvalue weighted by molar-refractivity contribution is 7.99. The zero-order valence-electron chi connectivity index (χ0n) is 20.0. The highest BCUT2D eigenvalue weighted by atomic mass is 32.2. The molecule has 0 bridgehead atoms. The molecule has 2 aliphatic rings. The van der Waals surface area contributed by atoms with Gasteiger partial charge in [-0.05, 0) is 82.1 Å². The Labute approximate surface area is 209 Å². The number of benzene rings is 2. The molecule has 1 amide bonds. The maximum absolute atomic E-state index is 13.4. The number of carbonyl (C=O) groups excluding carboxylic acids is 1. The molecule has 2 N–H and O–H groups in total. The summed E-state index contributed by atoms with van der Waals surface area (Å²) in [5, 5.41) is 5.77. The average molecular weight is 507 g/mol. The lowest BCUT2D eigenvalue weighted by molar-refractivity contribution is -0.137. The summed E-state index contributed by atoms with van der Waals surface area (Å²) in [4.78, 5) is 18.0. The molecule has 0 atom stereocenters. The van der Waals surface area contributed by atoms with E-state index >= 15 is 0 Å². The number of anilines is 2. The zero-order chi connectivity index (χ0) is 24.8. The molecular formula is C26H33F3N4OS. The van der Waals surface area contributed by atoms with Gasteiger partial charge >= 0.3 is 6.18 Å². The predicted molar refractivity (Wildman–Crippen MR) is 134 cm³/mol. The largest absolute Gasteiger partial charge is 0.416 e. The van der Waals surface area contributed by atoms with Crippen LogP contribution in [0, 0.1) is 5.92 Å². The lowest BCUT2D eigenvalue weighted by Gasteiger charge is -2.35. The number of nitrogens with zero attached hydrogens (tertiary/aromatic N) is 2. The highest BCUT2D eigenvalue weighted by Gasteiger charge is 2.33. The molecule has 35 heavy (non-hydrogen) atoms. The van der Waals surface area contributed by atoms with E-state index in [-0.39, 0.29) is 5.91 Å². The molecular weight excluding hydrogens is 473 g/mol. The fourth-order valence-corrected chi connectivity index (χ4v) is 5.94. The number of nitrogens with one attached hydrogen (secondary N) is 2. The first-order valence-electron chi connectivity index (χ1n) is 12.2. The number of para-hydroxylation sites is 1. The van der Waals surface area contributed by atoms with E-state index < -0.39 is 11.7 Å². The molecule has 9 heteroatoms. The Morgan fingerprint density at radius 1 is 1.06 bits per heavy atom. The number of piperidine rings is 1. The minimum atomic E-state index is -4.36. The minimum absolute atomic E-state index is 0.0176. The Kier molecular flexibility index (Phi) is 8.62. The van der Waals surface area contributed by atoms with E-state index in [4.69, 9.17) is 0 Å². The average Bonchev–Trinajstić information content (AvgIpc) is 2.84. The van der Waals surface area contributed by atoms with Crippen LogP contribution in [0.4, 0.5) is 24.5 Å². The van der Waals surface area contributed by atoms with Gasteiger partial charge in [-0.3, -0.25) is 4.79 Å². The molecule has 2 aromatic rings. The third-order valence-electron chi connectivity index (χ3n) is 6.74. The van der Waals surface area contributed by atoms with Gasteiger partial charge in [-0.1, -0.05) is 23.9 Å². The van der Waals surface area contributed by atoms with Gasteiger partial charge in [0, 0.05) is 29.4 Å². The van der Waals surface area contributed by atoms with E-state index in [1.807, 2.05) is 24.3 Å². The number of fused-ring (bicyclic) bond motifs is 2.